The minimum absolute atomic E-state index is 0.252. The third kappa shape index (κ3) is 4.99. The zero-order chi connectivity index (χ0) is 20.6. The second kappa shape index (κ2) is 9.82. The summed E-state index contributed by atoms with van der Waals surface area (Å²) in [7, 11) is 0. The molecule has 1 aromatic heterocycles. The molecule has 29 heavy (non-hydrogen) atoms. The van der Waals surface area contributed by atoms with Gasteiger partial charge in [-0.2, -0.15) is 0 Å². The molecule has 152 valence electrons. The molecular weight excluding hydrogens is 368 g/mol. The fourth-order valence-electron chi connectivity index (χ4n) is 3.38. The second-order valence-electron chi connectivity index (χ2n) is 7.00. The predicted molar refractivity (Wildman–Crippen MR) is 108 cm³/mol. The Morgan fingerprint density at radius 1 is 1.07 bits per heavy atom. The van der Waals surface area contributed by atoms with Crippen LogP contribution in [0, 0.1) is 0 Å². The van der Waals surface area contributed by atoms with Gasteiger partial charge in [0.2, 0.25) is 5.91 Å². The van der Waals surface area contributed by atoms with Crippen molar-refractivity contribution in [3.8, 4) is 0 Å². The Morgan fingerprint density at radius 3 is 2.52 bits per heavy atom. The van der Waals surface area contributed by atoms with E-state index in [0.717, 1.165) is 18.5 Å². The van der Waals surface area contributed by atoms with Crippen molar-refractivity contribution in [2.24, 2.45) is 0 Å². The number of hydrogen-bond acceptors (Lipinski definition) is 4. The quantitative estimate of drug-likeness (QED) is 0.694. The van der Waals surface area contributed by atoms with Gasteiger partial charge < -0.3 is 15.1 Å². The molecule has 1 atom stereocenters. The third-order valence-electron chi connectivity index (χ3n) is 4.97. The molecule has 1 saturated heterocycles. The Labute approximate surface area is 170 Å². The lowest BCUT2D eigenvalue weighted by Gasteiger charge is -2.38. The van der Waals surface area contributed by atoms with Crippen LogP contribution in [0.25, 0.3) is 0 Å². The molecule has 1 aliphatic rings. The average molecular weight is 394 g/mol. The average Bonchev–Trinajstić information content (AvgIpc) is 2.76. The van der Waals surface area contributed by atoms with Crippen LogP contribution < -0.4 is 5.32 Å². The van der Waals surface area contributed by atoms with Gasteiger partial charge in [0.1, 0.15) is 6.04 Å². The summed E-state index contributed by atoms with van der Waals surface area (Å²) in [4.78, 5) is 45.6. The first-order chi connectivity index (χ1) is 14.1. The first-order valence-electron chi connectivity index (χ1n) is 9.94. The summed E-state index contributed by atoms with van der Waals surface area (Å²) >= 11 is 0. The monoisotopic (exact) mass is 394 g/mol. The van der Waals surface area contributed by atoms with Crippen LogP contribution in [0.5, 0.6) is 0 Å². The van der Waals surface area contributed by atoms with E-state index in [1.807, 2.05) is 37.3 Å². The molecule has 0 saturated carbocycles. The number of nitrogens with one attached hydrogen (secondary N) is 1. The number of rotatable bonds is 8. The van der Waals surface area contributed by atoms with Gasteiger partial charge in [0.05, 0.1) is 12.2 Å². The molecule has 1 fully saturated rings. The minimum Gasteiger partial charge on any atom is -0.348 e. The molecule has 0 radical (unpaired) electrons. The van der Waals surface area contributed by atoms with Gasteiger partial charge in [-0.15, -0.1) is 0 Å². The Kier molecular flexibility index (Phi) is 6.94. The van der Waals surface area contributed by atoms with Crippen molar-refractivity contribution in [3.05, 3.63) is 66.0 Å². The third-order valence-corrected chi connectivity index (χ3v) is 4.97. The van der Waals surface area contributed by atoms with Crippen molar-refractivity contribution >= 4 is 17.7 Å². The fourth-order valence-corrected chi connectivity index (χ4v) is 3.38. The van der Waals surface area contributed by atoms with E-state index in [4.69, 9.17) is 0 Å². The number of aromatic nitrogens is 1. The van der Waals surface area contributed by atoms with Gasteiger partial charge in [-0.25, -0.2) is 0 Å². The lowest BCUT2D eigenvalue weighted by molar-refractivity contribution is -0.159. The number of hydrogen-bond donors (Lipinski definition) is 1. The van der Waals surface area contributed by atoms with E-state index < -0.39 is 17.9 Å². The van der Waals surface area contributed by atoms with Crippen molar-refractivity contribution in [1.82, 2.24) is 20.1 Å². The molecule has 1 aromatic carbocycles. The Morgan fingerprint density at radius 2 is 1.83 bits per heavy atom. The van der Waals surface area contributed by atoms with Crippen LogP contribution in [0.2, 0.25) is 0 Å². The summed E-state index contributed by atoms with van der Waals surface area (Å²) < 4.78 is 0. The van der Waals surface area contributed by atoms with Gasteiger partial charge in [-0.1, -0.05) is 49.7 Å². The standard InChI is InChI=1S/C22H26N4O3/c1-2-3-13-25-14-15-26(22(29)21(25)28)19(17-9-5-4-6-10-17)20(27)24-16-18-11-7-8-12-23-18/h4-12,19H,2-3,13-16H2,1H3,(H,24,27)/t19-/m1/s1. The summed E-state index contributed by atoms with van der Waals surface area (Å²) in [6.07, 6.45) is 3.46. The number of carbonyl (C=O) groups excluding carboxylic acids is 3. The molecule has 7 heteroatoms. The first-order valence-corrected chi connectivity index (χ1v) is 9.94. The zero-order valence-corrected chi connectivity index (χ0v) is 16.6. The molecule has 2 heterocycles. The Bertz CT molecular complexity index is 842. The molecule has 0 bridgehead atoms. The van der Waals surface area contributed by atoms with Crippen molar-refractivity contribution in [3.63, 3.8) is 0 Å². The van der Waals surface area contributed by atoms with Gasteiger partial charge >= 0.3 is 11.8 Å². The largest absolute Gasteiger partial charge is 0.348 e. The van der Waals surface area contributed by atoms with Crippen LogP contribution in [0.15, 0.2) is 54.7 Å². The van der Waals surface area contributed by atoms with Crippen LogP contribution in [-0.2, 0) is 20.9 Å². The number of pyridine rings is 1. The van der Waals surface area contributed by atoms with Crippen molar-refractivity contribution in [2.75, 3.05) is 19.6 Å². The number of piperazine rings is 1. The molecule has 7 nitrogen and oxygen atoms in total. The second-order valence-corrected chi connectivity index (χ2v) is 7.00. The van der Waals surface area contributed by atoms with E-state index in [-0.39, 0.29) is 12.5 Å². The number of carbonyl (C=O) groups is 3. The van der Waals surface area contributed by atoms with E-state index in [1.54, 1.807) is 29.3 Å². The van der Waals surface area contributed by atoms with Crippen LogP contribution in [0.1, 0.15) is 37.1 Å². The SMILES string of the molecule is CCCCN1CCN([C@@H](C(=O)NCc2ccccn2)c2ccccc2)C(=O)C1=O. The summed E-state index contributed by atoms with van der Waals surface area (Å²) in [5.74, 6) is -1.50. The highest BCUT2D eigenvalue weighted by atomic mass is 16.2. The van der Waals surface area contributed by atoms with Crippen LogP contribution >= 0.6 is 0 Å². The molecule has 0 aliphatic carbocycles. The van der Waals surface area contributed by atoms with Gasteiger partial charge in [-0.3, -0.25) is 19.4 Å². The summed E-state index contributed by atoms with van der Waals surface area (Å²) in [5, 5.41) is 2.86. The lowest BCUT2D eigenvalue weighted by Crippen LogP contribution is -2.57. The fraction of sp³-hybridized carbons (Fsp3) is 0.364. The van der Waals surface area contributed by atoms with E-state index in [9.17, 15) is 14.4 Å². The number of unbranched alkanes of at least 4 members (excludes halogenated alkanes) is 1. The number of nitrogens with zero attached hydrogens (tertiary/aromatic N) is 3. The minimum atomic E-state index is -0.857. The molecule has 3 rings (SSSR count). The zero-order valence-electron chi connectivity index (χ0n) is 16.6. The highest BCUT2D eigenvalue weighted by Gasteiger charge is 2.39. The number of amides is 3. The highest BCUT2D eigenvalue weighted by Crippen LogP contribution is 2.24. The van der Waals surface area contributed by atoms with E-state index in [0.29, 0.717) is 25.2 Å². The van der Waals surface area contributed by atoms with E-state index in [2.05, 4.69) is 10.3 Å². The van der Waals surface area contributed by atoms with Gasteiger partial charge in [-0.05, 0) is 24.1 Å². The van der Waals surface area contributed by atoms with Crippen LogP contribution in [-0.4, -0.2) is 52.1 Å². The van der Waals surface area contributed by atoms with E-state index in [1.165, 1.54) is 4.90 Å². The smallest absolute Gasteiger partial charge is 0.313 e. The highest BCUT2D eigenvalue weighted by molar-refractivity contribution is 6.35. The maximum atomic E-state index is 13.1. The maximum Gasteiger partial charge on any atom is 0.313 e. The molecule has 0 spiro atoms. The summed E-state index contributed by atoms with van der Waals surface area (Å²) in [5.41, 5.74) is 1.40. The van der Waals surface area contributed by atoms with Crippen molar-refractivity contribution in [2.45, 2.75) is 32.4 Å². The Balaban J connectivity index is 1.78. The van der Waals surface area contributed by atoms with Crippen LogP contribution in [0.3, 0.4) is 0 Å². The molecule has 2 aromatic rings. The topological polar surface area (TPSA) is 82.6 Å². The molecule has 1 aliphatic heterocycles. The van der Waals surface area contributed by atoms with E-state index >= 15 is 0 Å². The van der Waals surface area contributed by atoms with Crippen molar-refractivity contribution < 1.29 is 14.4 Å². The normalized spacial score (nSPS) is 15.3. The lowest BCUT2D eigenvalue weighted by atomic mass is 10.0. The van der Waals surface area contributed by atoms with Crippen molar-refractivity contribution in [1.29, 1.82) is 0 Å². The Hall–Kier alpha value is -3.22. The summed E-state index contributed by atoms with van der Waals surface area (Å²) in [6, 6.07) is 13.7. The first kappa shape index (κ1) is 20.5. The van der Waals surface area contributed by atoms with Gasteiger partial charge in [0.15, 0.2) is 0 Å². The van der Waals surface area contributed by atoms with Gasteiger partial charge in [0.25, 0.3) is 0 Å². The predicted octanol–water partition coefficient (Wildman–Crippen LogP) is 1.91. The van der Waals surface area contributed by atoms with Crippen LogP contribution in [0.4, 0.5) is 0 Å². The molecular formula is C22H26N4O3. The molecule has 0 unspecified atom stereocenters. The number of benzene rings is 1. The maximum absolute atomic E-state index is 13.1. The molecule has 3 amide bonds. The van der Waals surface area contributed by atoms with Gasteiger partial charge in [0, 0.05) is 25.8 Å². The summed E-state index contributed by atoms with van der Waals surface area (Å²) in [6.45, 7) is 3.62. The molecule has 1 N–H and O–H groups in total.